The topological polar surface area (TPSA) is 118 Å². The molecule has 0 radical (unpaired) electrons. The van der Waals surface area contributed by atoms with Gasteiger partial charge in [0.1, 0.15) is 12.0 Å². The third kappa shape index (κ3) is 3.49. The summed E-state index contributed by atoms with van der Waals surface area (Å²) >= 11 is 0. The molecule has 2 heterocycles. The van der Waals surface area contributed by atoms with Crippen molar-refractivity contribution in [3.63, 3.8) is 0 Å². The minimum absolute atomic E-state index is 0.137. The van der Waals surface area contributed by atoms with Gasteiger partial charge in [0.05, 0.1) is 23.6 Å². The molecule has 25 heavy (non-hydrogen) atoms. The van der Waals surface area contributed by atoms with E-state index in [-0.39, 0.29) is 11.5 Å². The number of nitrogens with zero attached hydrogens (tertiary/aromatic N) is 5. The van der Waals surface area contributed by atoms with E-state index in [4.69, 9.17) is 4.55 Å². The van der Waals surface area contributed by atoms with E-state index < -0.39 is 16.0 Å². The van der Waals surface area contributed by atoms with Crippen molar-refractivity contribution in [2.75, 3.05) is 11.9 Å². The van der Waals surface area contributed by atoms with Crippen molar-refractivity contribution in [2.45, 2.75) is 12.8 Å². The van der Waals surface area contributed by atoms with Gasteiger partial charge in [0, 0.05) is 25.0 Å². The van der Waals surface area contributed by atoms with Crippen LogP contribution in [0.5, 0.6) is 0 Å². The van der Waals surface area contributed by atoms with Crippen molar-refractivity contribution in [2.24, 2.45) is 0 Å². The molecule has 0 fully saturated rings. The molecule has 3 aromatic rings. The monoisotopic (exact) mass is 361 g/mol. The maximum atomic E-state index is 11.9. The Kier molecular flexibility index (Phi) is 4.23. The highest BCUT2D eigenvalue weighted by atomic mass is 32.2. The van der Waals surface area contributed by atoms with E-state index >= 15 is 0 Å². The summed E-state index contributed by atoms with van der Waals surface area (Å²) in [6.07, 6.45) is 4.71. The van der Waals surface area contributed by atoms with Gasteiger partial charge in [-0.05, 0) is 18.2 Å². The summed E-state index contributed by atoms with van der Waals surface area (Å²) in [5.74, 6) is -1.03. The molecule has 2 aromatic heterocycles. The molecule has 0 aliphatic heterocycles. The van der Waals surface area contributed by atoms with Crippen molar-refractivity contribution in [3.05, 3.63) is 42.6 Å². The quantitative estimate of drug-likeness (QED) is 0.538. The Morgan fingerprint density at radius 1 is 1.24 bits per heavy atom. The fourth-order valence-corrected chi connectivity index (χ4v) is 3.01. The fraction of sp³-hybridized carbons (Fsp3) is 0.200. The Morgan fingerprint density at radius 3 is 2.52 bits per heavy atom. The highest BCUT2D eigenvalue weighted by Crippen LogP contribution is 2.28. The van der Waals surface area contributed by atoms with Crippen LogP contribution in [0.15, 0.2) is 36.9 Å². The Bertz CT molecular complexity index is 1050. The van der Waals surface area contributed by atoms with E-state index in [1.807, 2.05) is 11.9 Å². The lowest BCUT2D eigenvalue weighted by Gasteiger charge is -2.18. The average molecular weight is 361 g/mol. The number of aromatic nitrogens is 4. The lowest BCUT2D eigenvalue weighted by molar-refractivity contribution is 0.101. The van der Waals surface area contributed by atoms with Gasteiger partial charge in [-0.2, -0.15) is 13.5 Å². The fourth-order valence-electron chi connectivity index (χ4n) is 2.50. The van der Waals surface area contributed by atoms with Gasteiger partial charge in [-0.15, -0.1) is 0 Å². The molecule has 130 valence electrons. The van der Waals surface area contributed by atoms with Gasteiger partial charge in [0.15, 0.2) is 11.7 Å². The van der Waals surface area contributed by atoms with Crippen LogP contribution in [-0.4, -0.2) is 45.5 Å². The summed E-state index contributed by atoms with van der Waals surface area (Å²) in [6, 6.07) is 5.13. The number of Topliss-reactive ketones (excluding diaryl/α,β-unsaturated/α-hetero) is 1. The normalized spacial score (nSPS) is 11.6. The first-order valence-corrected chi connectivity index (χ1v) is 8.82. The molecule has 3 rings (SSSR count). The van der Waals surface area contributed by atoms with Crippen LogP contribution in [-0.2, 0) is 16.0 Å². The van der Waals surface area contributed by atoms with Gasteiger partial charge in [-0.1, -0.05) is 0 Å². The van der Waals surface area contributed by atoms with Crippen molar-refractivity contribution in [3.8, 4) is 0 Å². The molecular weight excluding hydrogens is 346 g/mol. The average Bonchev–Trinajstić information content (AvgIpc) is 2.91. The molecule has 0 spiro atoms. The molecule has 1 aromatic carbocycles. The van der Waals surface area contributed by atoms with Crippen LogP contribution in [0.25, 0.3) is 10.9 Å². The molecular formula is C15H15N5O4S. The molecule has 0 saturated heterocycles. The molecule has 1 N–H and O–H groups in total. The molecule has 9 nitrogen and oxygen atoms in total. The second-order valence-electron chi connectivity index (χ2n) is 5.47. The van der Waals surface area contributed by atoms with Gasteiger partial charge in [-0.25, -0.2) is 14.6 Å². The zero-order valence-electron chi connectivity index (χ0n) is 13.5. The van der Waals surface area contributed by atoms with E-state index in [0.29, 0.717) is 10.9 Å². The van der Waals surface area contributed by atoms with E-state index in [2.05, 4.69) is 15.1 Å². The zero-order valence-corrected chi connectivity index (χ0v) is 14.3. The SMILES string of the molecule is CC(=O)c1nn(CS(=O)(=O)O)c2ccc(N(C)c3cncnc3)cc12. The third-order valence-corrected chi connectivity index (χ3v) is 4.25. The second kappa shape index (κ2) is 6.22. The van der Waals surface area contributed by atoms with E-state index in [1.54, 1.807) is 30.6 Å². The second-order valence-corrected chi connectivity index (χ2v) is 6.89. The first-order valence-electron chi connectivity index (χ1n) is 7.21. The zero-order chi connectivity index (χ0) is 18.2. The number of ketones is 1. The van der Waals surface area contributed by atoms with Crippen LogP contribution in [0.2, 0.25) is 0 Å². The summed E-state index contributed by atoms with van der Waals surface area (Å²) in [6.45, 7) is 1.35. The smallest absolute Gasteiger partial charge is 0.285 e. The van der Waals surface area contributed by atoms with Crippen LogP contribution in [0.4, 0.5) is 11.4 Å². The van der Waals surface area contributed by atoms with E-state index in [9.17, 15) is 13.2 Å². The molecule has 0 atom stereocenters. The number of carbonyl (C=O) groups is 1. The number of hydrogen-bond donors (Lipinski definition) is 1. The standard InChI is InChI=1S/C15H15N5O4S/c1-10(21)15-13-5-11(19(2)12-6-16-8-17-7-12)3-4-14(13)20(18-15)9-25(22,23)24/h3-8H,9H2,1-2H3,(H,22,23,24). The highest BCUT2D eigenvalue weighted by Gasteiger charge is 2.18. The predicted octanol–water partition coefficient (Wildman–Crippen LogP) is 1.64. The number of rotatable bonds is 5. The number of fused-ring (bicyclic) bond motifs is 1. The van der Waals surface area contributed by atoms with E-state index in [0.717, 1.165) is 16.1 Å². The number of carbonyl (C=O) groups excluding carboxylic acids is 1. The van der Waals surface area contributed by atoms with Crippen molar-refractivity contribution >= 4 is 38.2 Å². The van der Waals surface area contributed by atoms with Gasteiger partial charge in [0.2, 0.25) is 0 Å². The van der Waals surface area contributed by atoms with Crippen LogP contribution < -0.4 is 4.90 Å². The first-order chi connectivity index (χ1) is 11.8. The molecule has 0 saturated carbocycles. The molecule has 0 bridgehead atoms. The molecule has 10 heteroatoms. The van der Waals surface area contributed by atoms with Gasteiger partial charge < -0.3 is 4.90 Å². The summed E-state index contributed by atoms with van der Waals surface area (Å²) in [5.41, 5.74) is 2.07. The third-order valence-electron chi connectivity index (χ3n) is 3.67. The van der Waals surface area contributed by atoms with Gasteiger partial charge >= 0.3 is 0 Å². The molecule has 0 unspecified atom stereocenters. The Hall–Kier alpha value is -2.85. The number of hydrogen-bond acceptors (Lipinski definition) is 7. The van der Waals surface area contributed by atoms with Crippen LogP contribution in [0, 0.1) is 0 Å². The summed E-state index contributed by atoms with van der Waals surface area (Å²) < 4.78 is 32.5. The Morgan fingerprint density at radius 2 is 1.92 bits per heavy atom. The van der Waals surface area contributed by atoms with Crippen molar-refractivity contribution < 1.29 is 17.8 Å². The number of benzene rings is 1. The van der Waals surface area contributed by atoms with Gasteiger partial charge in [-0.3, -0.25) is 9.35 Å². The lowest BCUT2D eigenvalue weighted by Crippen LogP contribution is -2.11. The summed E-state index contributed by atoms with van der Waals surface area (Å²) in [4.78, 5) is 21.6. The highest BCUT2D eigenvalue weighted by molar-refractivity contribution is 7.84. The largest absolute Gasteiger partial charge is 0.342 e. The minimum Gasteiger partial charge on any atom is -0.342 e. The maximum absolute atomic E-state index is 11.9. The first kappa shape index (κ1) is 17.0. The van der Waals surface area contributed by atoms with Crippen LogP contribution in [0.1, 0.15) is 17.4 Å². The number of anilines is 2. The lowest BCUT2D eigenvalue weighted by atomic mass is 10.1. The molecule has 0 amide bonds. The van der Waals surface area contributed by atoms with Crippen LogP contribution in [0.3, 0.4) is 0 Å². The summed E-state index contributed by atoms with van der Waals surface area (Å²) in [5, 5.41) is 4.53. The molecule has 0 aliphatic carbocycles. The Balaban J connectivity index is 2.13. The maximum Gasteiger partial charge on any atom is 0.285 e. The van der Waals surface area contributed by atoms with Crippen molar-refractivity contribution in [1.29, 1.82) is 0 Å². The van der Waals surface area contributed by atoms with Crippen LogP contribution >= 0.6 is 0 Å². The predicted molar refractivity (Wildman–Crippen MR) is 91.4 cm³/mol. The minimum atomic E-state index is -4.29. The van der Waals surface area contributed by atoms with Gasteiger partial charge in [0.25, 0.3) is 10.1 Å². The summed E-state index contributed by atoms with van der Waals surface area (Å²) in [7, 11) is -2.47. The molecule has 0 aliphatic rings. The van der Waals surface area contributed by atoms with Crippen molar-refractivity contribution in [1.82, 2.24) is 19.7 Å². The van der Waals surface area contributed by atoms with E-state index in [1.165, 1.54) is 13.3 Å². The Labute approximate surface area is 143 Å².